The molecule has 0 radical (unpaired) electrons. The lowest BCUT2D eigenvalue weighted by atomic mass is 9.84. The van der Waals surface area contributed by atoms with Crippen molar-refractivity contribution in [2.24, 2.45) is 0 Å². The van der Waals surface area contributed by atoms with E-state index in [1.54, 1.807) is 11.8 Å². The molecule has 0 unspecified atom stereocenters. The van der Waals surface area contributed by atoms with E-state index in [1.807, 2.05) is 36.5 Å². The molecule has 0 atom stereocenters. The third-order valence-corrected chi connectivity index (χ3v) is 7.97. The molecule has 1 saturated heterocycles. The van der Waals surface area contributed by atoms with Crippen molar-refractivity contribution >= 4 is 28.9 Å². The van der Waals surface area contributed by atoms with Gasteiger partial charge in [0.1, 0.15) is 5.03 Å². The van der Waals surface area contributed by atoms with Crippen molar-refractivity contribution in [3.63, 3.8) is 0 Å². The number of allylic oxidation sites excluding steroid dienone is 1. The molecule has 164 valence electrons. The Morgan fingerprint density at radius 2 is 1.81 bits per heavy atom. The average Bonchev–Trinajstić information content (AvgIpc) is 2.97. The normalized spacial score (nSPS) is 19.2. The van der Waals surface area contributed by atoms with Crippen LogP contribution in [0.25, 0.3) is 5.57 Å². The summed E-state index contributed by atoms with van der Waals surface area (Å²) in [4.78, 5) is 8.41. The molecule has 2 aromatic carbocycles. The van der Waals surface area contributed by atoms with Gasteiger partial charge in [-0.15, -0.1) is 0 Å². The third kappa shape index (κ3) is 4.65. The van der Waals surface area contributed by atoms with Crippen LogP contribution in [0.1, 0.15) is 36.0 Å². The first kappa shape index (κ1) is 21.7. The molecule has 5 rings (SSSR count). The van der Waals surface area contributed by atoms with Crippen molar-refractivity contribution in [3.8, 4) is 0 Å². The molecule has 3 aromatic rings. The van der Waals surface area contributed by atoms with Crippen molar-refractivity contribution in [1.82, 2.24) is 9.88 Å². The lowest BCUT2D eigenvalue weighted by Gasteiger charge is -2.38. The Kier molecular flexibility index (Phi) is 6.38. The van der Waals surface area contributed by atoms with Crippen LogP contribution >= 0.6 is 23.4 Å². The molecule has 0 bridgehead atoms. The summed E-state index contributed by atoms with van der Waals surface area (Å²) in [7, 11) is 0. The van der Waals surface area contributed by atoms with Gasteiger partial charge in [0.2, 0.25) is 0 Å². The predicted octanol–water partition coefficient (Wildman–Crippen LogP) is 6.20. The SMILES string of the molecule is OC1(c2ccc(Cl)cc2)CCN(CC/C=C2/Cc3ccccc3Sc3ncccc32)CC1. The number of hydrogen-bond donors (Lipinski definition) is 1. The largest absolute Gasteiger partial charge is 0.385 e. The molecule has 2 aliphatic rings. The summed E-state index contributed by atoms with van der Waals surface area (Å²) in [6.45, 7) is 2.81. The minimum absolute atomic E-state index is 0.708. The van der Waals surface area contributed by atoms with Gasteiger partial charge in [0, 0.05) is 41.3 Å². The lowest BCUT2D eigenvalue weighted by molar-refractivity contribution is -0.0254. The molecular weight excluding hydrogens is 436 g/mol. The van der Waals surface area contributed by atoms with Gasteiger partial charge < -0.3 is 10.0 Å². The fourth-order valence-corrected chi connectivity index (χ4v) is 5.84. The van der Waals surface area contributed by atoms with Crippen LogP contribution in [0.3, 0.4) is 0 Å². The fourth-order valence-electron chi connectivity index (χ4n) is 4.67. The van der Waals surface area contributed by atoms with Gasteiger partial charge in [-0.2, -0.15) is 0 Å². The summed E-state index contributed by atoms with van der Waals surface area (Å²) in [5.74, 6) is 0. The summed E-state index contributed by atoms with van der Waals surface area (Å²) in [6.07, 6.45) is 7.72. The van der Waals surface area contributed by atoms with Gasteiger partial charge >= 0.3 is 0 Å². The van der Waals surface area contributed by atoms with E-state index in [9.17, 15) is 5.11 Å². The number of pyridine rings is 1. The first-order valence-electron chi connectivity index (χ1n) is 11.2. The quantitative estimate of drug-likeness (QED) is 0.500. The number of hydrogen-bond acceptors (Lipinski definition) is 4. The minimum atomic E-state index is -0.744. The highest BCUT2D eigenvalue weighted by atomic mass is 35.5. The molecule has 0 spiro atoms. The first-order chi connectivity index (χ1) is 15.6. The standard InChI is InChI=1S/C27H27ClN2OS/c28-23-11-9-22(10-12-23)27(31)13-17-30(18-14-27)16-4-6-20-19-21-5-1-2-8-25(21)32-26-24(20)7-3-15-29-26/h1-3,5-12,15,31H,4,13-14,16-19H2/b20-6-. The Hall–Kier alpha value is -2.11. The fraction of sp³-hybridized carbons (Fsp3) is 0.296. The van der Waals surface area contributed by atoms with Crippen molar-refractivity contribution < 1.29 is 5.11 Å². The summed E-state index contributed by atoms with van der Waals surface area (Å²) in [6, 6.07) is 20.5. The number of halogens is 1. The maximum atomic E-state index is 11.1. The lowest BCUT2D eigenvalue weighted by Crippen LogP contribution is -2.42. The molecule has 3 nitrogen and oxygen atoms in total. The summed E-state index contributed by atoms with van der Waals surface area (Å²) >= 11 is 7.78. The van der Waals surface area contributed by atoms with Gasteiger partial charge in [-0.25, -0.2) is 4.98 Å². The highest BCUT2D eigenvalue weighted by Gasteiger charge is 2.33. The van der Waals surface area contributed by atoms with Gasteiger partial charge in [0.25, 0.3) is 0 Å². The minimum Gasteiger partial charge on any atom is -0.385 e. The Morgan fingerprint density at radius 1 is 1.03 bits per heavy atom. The number of likely N-dealkylation sites (tertiary alicyclic amines) is 1. The van der Waals surface area contributed by atoms with Crippen LogP contribution in [0, 0.1) is 0 Å². The zero-order chi connectivity index (χ0) is 22.0. The average molecular weight is 463 g/mol. The number of fused-ring (bicyclic) bond motifs is 2. The van der Waals surface area contributed by atoms with Gasteiger partial charge in [-0.1, -0.05) is 65.8 Å². The van der Waals surface area contributed by atoms with Gasteiger partial charge in [-0.05, 0) is 66.6 Å². The second-order valence-electron chi connectivity index (χ2n) is 8.64. The number of rotatable bonds is 4. The monoisotopic (exact) mass is 462 g/mol. The highest BCUT2D eigenvalue weighted by Crippen LogP contribution is 2.40. The second-order valence-corrected chi connectivity index (χ2v) is 10.1. The van der Waals surface area contributed by atoms with E-state index >= 15 is 0 Å². The number of aromatic nitrogens is 1. The molecular formula is C27H27ClN2OS. The molecule has 1 N–H and O–H groups in total. The Morgan fingerprint density at radius 3 is 2.62 bits per heavy atom. The van der Waals surface area contributed by atoms with Crippen LogP contribution in [0.2, 0.25) is 5.02 Å². The third-order valence-electron chi connectivity index (χ3n) is 6.58. The molecule has 0 amide bonds. The van der Waals surface area contributed by atoms with Crippen molar-refractivity contribution in [2.45, 2.75) is 41.2 Å². The van der Waals surface area contributed by atoms with Crippen molar-refractivity contribution in [3.05, 3.63) is 94.6 Å². The molecule has 0 saturated carbocycles. The van der Waals surface area contributed by atoms with Gasteiger partial charge in [-0.3, -0.25) is 0 Å². The molecule has 2 aliphatic heterocycles. The molecule has 3 heterocycles. The van der Waals surface area contributed by atoms with Crippen LogP contribution in [0.5, 0.6) is 0 Å². The van der Waals surface area contributed by atoms with Crippen LogP contribution in [0.15, 0.2) is 82.9 Å². The van der Waals surface area contributed by atoms with Crippen molar-refractivity contribution in [2.75, 3.05) is 19.6 Å². The first-order valence-corrected chi connectivity index (χ1v) is 12.4. The van der Waals surface area contributed by atoms with E-state index in [-0.39, 0.29) is 0 Å². The van der Waals surface area contributed by atoms with Gasteiger partial charge in [0.05, 0.1) is 5.60 Å². The van der Waals surface area contributed by atoms with E-state index in [1.165, 1.54) is 21.6 Å². The van der Waals surface area contributed by atoms with Crippen LogP contribution in [0.4, 0.5) is 0 Å². The van der Waals surface area contributed by atoms with Crippen LogP contribution < -0.4 is 0 Å². The Bertz CT molecular complexity index is 1120. The molecule has 5 heteroatoms. The number of nitrogens with zero attached hydrogens (tertiary/aromatic N) is 2. The van der Waals surface area contributed by atoms with Crippen LogP contribution in [-0.2, 0) is 12.0 Å². The summed E-state index contributed by atoms with van der Waals surface area (Å²) in [5.41, 5.74) is 4.21. The summed E-state index contributed by atoms with van der Waals surface area (Å²) < 4.78 is 0. The molecule has 0 aliphatic carbocycles. The zero-order valence-electron chi connectivity index (χ0n) is 18.0. The predicted molar refractivity (Wildman–Crippen MR) is 132 cm³/mol. The smallest absolute Gasteiger partial charge is 0.108 e. The summed E-state index contributed by atoms with van der Waals surface area (Å²) in [5, 5.41) is 12.9. The number of benzene rings is 2. The maximum absolute atomic E-state index is 11.1. The molecule has 1 fully saturated rings. The maximum Gasteiger partial charge on any atom is 0.108 e. The van der Waals surface area contributed by atoms with E-state index in [0.29, 0.717) is 5.02 Å². The number of piperidine rings is 1. The zero-order valence-corrected chi connectivity index (χ0v) is 19.6. The van der Waals surface area contributed by atoms with Gasteiger partial charge in [0.15, 0.2) is 0 Å². The topological polar surface area (TPSA) is 36.4 Å². The van der Waals surface area contributed by atoms with E-state index in [0.717, 1.165) is 55.9 Å². The number of aliphatic hydroxyl groups is 1. The van der Waals surface area contributed by atoms with E-state index in [2.05, 4.69) is 46.3 Å². The van der Waals surface area contributed by atoms with E-state index < -0.39 is 5.60 Å². The highest BCUT2D eigenvalue weighted by molar-refractivity contribution is 7.99. The van der Waals surface area contributed by atoms with Crippen molar-refractivity contribution in [1.29, 1.82) is 0 Å². The Balaban J connectivity index is 1.25. The second kappa shape index (κ2) is 9.40. The Labute approximate surface area is 199 Å². The molecule has 1 aromatic heterocycles. The molecule has 32 heavy (non-hydrogen) atoms. The van der Waals surface area contributed by atoms with Crippen LogP contribution in [-0.4, -0.2) is 34.6 Å². The van der Waals surface area contributed by atoms with E-state index in [4.69, 9.17) is 11.6 Å².